The van der Waals surface area contributed by atoms with E-state index in [1.165, 1.54) is 6.21 Å². The van der Waals surface area contributed by atoms with Crippen molar-refractivity contribution >= 4 is 23.9 Å². The Bertz CT molecular complexity index is 988. The van der Waals surface area contributed by atoms with E-state index in [0.29, 0.717) is 23.7 Å². The normalized spacial score (nSPS) is 13.1. The molecule has 174 valence electrons. The van der Waals surface area contributed by atoms with E-state index in [4.69, 9.17) is 9.47 Å². The van der Waals surface area contributed by atoms with Gasteiger partial charge in [0.15, 0.2) is 18.1 Å². The Morgan fingerprint density at radius 3 is 2.48 bits per heavy atom. The molecular weight excluding hydrogens is 424 g/mol. The summed E-state index contributed by atoms with van der Waals surface area (Å²) in [6.45, 7) is 3.99. The molecule has 1 saturated heterocycles. The van der Waals surface area contributed by atoms with Gasteiger partial charge in [-0.05, 0) is 49.1 Å². The zero-order valence-corrected chi connectivity index (χ0v) is 18.6. The molecule has 0 bridgehead atoms. The molecule has 1 fully saturated rings. The molecule has 0 atom stereocenters. The van der Waals surface area contributed by atoms with Gasteiger partial charge in [-0.2, -0.15) is 5.10 Å². The average Bonchev–Trinajstić information content (AvgIpc) is 3.38. The van der Waals surface area contributed by atoms with Crippen molar-refractivity contribution in [3.8, 4) is 11.5 Å². The Labute approximate surface area is 192 Å². The van der Waals surface area contributed by atoms with Gasteiger partial charge in [0.05, 0.1) is 12.8 Å². The van der Waals surface area contributed by atoms with Gasteiger partial charge >= 0.3 is 11.8 Å². The summed E-state index contributed by atoms with van der Waals surface area (Å²) < 4.78 is 11.3. The summed E-state index contributed by atoms with van der Waals surface area (Å²) >= 11 is 0. The minimum absolute atomic E-state index is 0.0474. The molecule has 0 aliphatic carbocycles. The van der Waals surface area contributed by atoms with E-state index in [-0.39, 0.29) is 19.1 Å². The van der Waals surface area contributed by atoms with E-state index in [1.807, 2.05) is 37.3 Å². The number of carbonyl (C=O) groups excluding carboxylic acids is 3. The molecule has 0 aromatic heterocycles. The molecule has 33 heavy (non-hydrogen) atoms. The fourth-order valence-electron chi connectivity index (χ4n) is 3.26. The summed E-state index contributed by atoms with van der Waals surface area (Å²) in [6, 6.07) is 14.3. The zero-order chi connectivity index (χ0) is 23.5. The summed E-state index contributed by atoms with van der Waals surface area (Å²) in [4.78, 5) is 37.8. The third-order valence-corrected chi connectivity index (χ3v) is 4.96. The van der Waals surface area contributed by atoms with Gasteiger partial charge in [-0.3, -0.25) is 14.4 Å². The van der Waals surface area contributed by atoms with E-state index >= 15 is 0 Å². The van der Waals surface area contributed by atoms with Gasteiger partial charge in [-0.25, -0.2) is 5.43 Å². The molecule has 9 heteroatoms. The van der Waals surface area contributed by atoms with Gasteiger partial charge in [0.1, 0.15) is 0 Å². The van der Waals surface area contributed by atoms with Gasteiger partial charge < -0.3 is 19.7 Å². The molecule has 9 nitrogen and oxygen atoms in total. The van der Waals surface area contributed by atoms with E-state index in [9.17, 15) is 14.4 Å². The molecule has 1 aliphatic heterocycles. The molecule has 0 saturated carbocycles. The van der Waals surface area contributed by atoms with Gasteiger partial charge in [-0.1, -0.05) is 30.3 Å². The van der Waals surface area contributed by atoms with Gasteiger partial charge in [0, 0.05) is 19.6 Å². The number of hydrogen-bond acceptors (Lipinski definition) is 6. The Balaban J connectivity index is 1.51. The maximum atomic E-state index is 12.2. The van der Waals surface area contributed by atoms with Crippen LogP contribution in [0.2, 0.25) is 0 Å². The van der Waals surface area contributed by atoms with E-state index in [0.717, 1.165) is 31.5 Å². The molecular formula is C24H28N4O5. The standard InChI is InChI=1S/C24H28N4O5/c1-2-32-21-14-19(10-11-20(21)33-17-22(29)28-12-6-7-13-28)16-26-27-24(31)23(30)25-15-18-8-4-3-5-9-18/h3-5,8-11,14,16H,2,6-7,12-13,15,17H2,1H3,(H,25,30)(H,27,31)/b26-16-. The molecule has 1 aliphatic rings. The summed E-state index contributed by atoms with van der Waals surface area (Å²) in [6.07, 6.45) is 3.44. The highest BCUT2D eigenvalue weighted by Crippen LogP contribution is 2.28. The smallest absolute Gasteiger partial charge is 0.329 e. The number of amides is 3. The molecule has 0 radical (unpaired) electrons. The first-order valence-electron chi connectivity index (χ1n) is 10.9. The number of ether oxygens (including phenoxy) is 2. The molecule has 1 heterocycles. The average molecular weight is 453 g/mol. The van der Waals surface area contributed by atoms with Gasteiger partial charge in [0.2, 0.25) is 0 Å². The number of nitrogens with zero attached hydrogens (tertiary/aromatic N) is 2. The van der Waals surface area contributed by atoms with E-state index in [2.05, 4.69) is 15.8 Å². The lowest BCUT2D eigenvalue weighted by Gasteiger charge is -2.17. The summed E-state index contributed by atoms with van der Waals surface area (Å²) in [7, 11) is 0. The molecule has 3 amide bonds. The summed E-state index contributed by atoms with van der Waals surface area (Å²) in [5.74, 6) is -0.785. The van der Waals surface area contributed by atoms with Crippen molar-refractivity contribution in [1.29, 1.82) is 0 Å². The second kappa shape index (κ2) is 12.2. The van der Waals surface area contributed by atoms with Crippen molar-refractivity contribution in [2.24, 2.45) is 5.10 Å². The Morgan fingerprint density at radius 2 is 1.76 bits per heavy atom. The van der Waals surface area contributed by atoms with Crippen LogP contribution in [-0.4, -0.2) is 55.1 Å². The lowest BCUT2D eigenvalue weighted by atomic mass is 10.2. The fraction of sp³-hybridized carbons (Fsp3) is 0.333. The topological polar surface area (TPSA) is 109 Å². The summed E-state index contributed by atoms with van der Waals surface area (Å²) in [5, 5.41) is 6.36. The quantitative estimate of drug-likeness (QED) is 0.343. The van der Waals surface area contributed by atoms with Crippen molar-refractivity contribution in [3.63, 3.8) is 0 Å². The third kappa shape index (κ3) is 7.34. The van der Waals surface area contributed by atoms with Crippen molar-refractivity contribution in [3.05, 3.63) is 59.7 Å². The minimum atomic E-state index is -0.868. The highest BCUT2D eigenvalue weighted by Gasteiger charge is 2.19. The van der Waals surface area contributed by atoms with E-state index < -0.39 is 11.8 Å². The Kier molecular flexibility index (Phi) is 8.81. The second-order valence-corrected chi connectivity index (χ2v) is 7.38. The first-order chi connectivity index (χ1) is 16.1. The van der Waals surface area contributed by atoms with Crippen LogP contribution in [-0.2, 0) is 20.9 Å². The van der Waals surface area contributed by atoms with Gasteiger partial charge in [0.25, 0.3) is 5.91 Å². The van der Waals surface area contributed by atoms with E-state index in [1.54, 1.807) is 23.1 Å². The monoisotopic (exact) mass is 452 g/mol. The molecule has 0 unspecified atom stereocenters. The molecule has 3 rings (SSSR count). The summed E-state index contributed by atoms with van der Waals surface area (Å²) in [5.41, 5.74) is 3.71. The van der Waals surface area contributed by atoms with Gasteiger partial charge in [-0.15, -0.1) is 0 Å². The maximum absolute atomic E-state index is 12.2. The van der Waals surface area contributed by atoms with Crippen molar-refractivity contribution in [1.82, 2.24) is 15.6 Å². The predicted molar refractivity (Wildman–Crippen MR) is 123 cm³/mol. The molecule has 2 aromatic rings. The fourth-order valence-corrected chi connectivity index (χ4v) is 3.26. The Hall–Kier alpha value is -3.88. The van der Waals surface area contributed by atoms with Crippen LogP contribution in [0.5, 0.6) is 11.5 Å². The van der Waals surface area contributed by atoms with Crippen LogP contribution in [0, 0.1) is 0 Å². The number of carbonyl (C=O) groups is 3. The number of hydrogen-bond donors (Lipinski definition) is 2. The van der Waals surface area contributed by atoms with Crippen LogP contribution in [0.1, 0.15) is 30.9 Å². The van der Waals surface area contributed by atoms with Crippen molar-refractivity contribution in [2.45, 2.75) is 26.3 Å². The lowest BCUT2D eigenvalue weighted by Crippen LogP contribution is -2.37. The number of rotatable bonds is 9. The van der Waals surface area contributed by atoms with Crippen LogP contribution in [0.4, 0.5) is 0 Å². The molecule has 2 N–H and O–H groups in total. The van der Waals surface area contributed by atoms with Crippen LogP contribution < -0.4 is 20.2 Å². The zero-order valence-electron chi connectivity index (χ0n) is 18.6. The number of benzene rings is 2. The first kappa shape index (κ1) is 23.8. The number of hydrazone groups is 1. The molecule has 0 spiro atoms. The Morgan fingerprint density at radius 1 is 1.00 bits per heavy atom. The highest BCUT2D eigenvalue weighted by molar-refractivity contribution is 6.35. The van der Waals surface area contributed by atoms with Crippen LogP contribution in [0.25, 0.3) is 0 Å². The minimum Gasteiger partial charge on any atom is -0.490 e. The molecule has 2 aromatic carbocycles. The first-order valence-corrected chi connectivity index (χ1v) is 10.9. The highest BCUT2D eigenvalue weighted by atomic mass is 16.5. The van der Waals surface area contributed by atoms with Crippen LogP contribution in [0.3, 0.4) is 0 Å². The number of nitrogens with one attached hydrogen (secondary N) is 2. The number of likely N-dealkylation sites (tertiary alicyclic amines) is 1. The SMILES string of the molecule is CCOc1cc(/C=N\NC(=O)C(=O)NCc2ccccc2)ccc1OCC(=O)N1CCCC1. The van der Waals surface area contributed by atoms with Crippen molar-refractivity contribution in [2.75, 3.05) is 26.3 Å². The largest absolute Gasteiger partial charge is 0.490 e. The van der Waals surface area contributed by atoms with Crippen LogP contribution in [0.15, 0.2) is 53.6 Å². The predicted octanol–water partition coefficient (Wildman–Crippen LogP) is 1.85. The van der Waals surface area contributed by atoms with Crippen LogP contribution >= 0.6 is 0 Å². The lowest BCUT2D eigenvalue weighted by molar-refractivity contribution is -0.139. The third-order valence-electron chi connectivity index (χ3n) is 4.96. The van der Waals surface area contributed by atoms with Crippen molar-refractivity contribution < 1.29 is 23.9 Å². The second-order valence-electron chi connectivity index (χ2n) is 7.38. The maximum Gasteiger partial charge on any atom is 0.329 e.